The van der Waals surface area contributed by atoms with Gasteiger partial charge in [0.05, 0.1) is 5.56 Å². The summed E-state index contributed by atoms with van der Waals surface area (Å²) in [4.78, 5) is 37.6. The number of amides is 2. The normalized spacial score (nSPS) is 12.4. The van der Waals surface area contributed by atoms with Crippen molar-refractivity contribution in [2.75, 3.05) is 11.9 Å². The van der Waals surface area contributed by atoms with Gasteiger partial charge in [0.15, 0.2) is 6.61 Å². The maximum Gasteiger partial charge on any atom is 0.341 e. The molecule has 0 saturated carbocycles. The van der Waals surface area contributed by atoms with Crippen LogP contribution in [0.1, 0.15) is 68.3 Å². The molecule has 2 N–H and O–H groups in total. The fourth-order valence-electron chi connectivity index (χ4n) is 2.28. The largest absolute Gasteiger partial charge is 0.452 e. The second-order valence-corrected chi connectivity index (χ2v) is 8.75. The van der Waals surface area contributed by atoms with Gasteiger partial charge in [0.25, 0.3) is 5.91 Å². The number of carbonyl (C=O) groups is 3. The quantitative estimate of drug-likeness (QED) is 0.702. The second kappa shape index (κ2) is 9.16. The van der Waals surface area contributed by atoms with Gasteiger partial charge in [0.1, 0.15) is 5.00 Å². The van der Waals surface area contributed by atoms with Crippen molar-refractivity contribution < 1.29 is 19.1 Å². The van der Waals surface area contributed by atoms with E-state index in [1.807, 2.05) is 20.8 Å². The summed E-state index contributed by atoms with van der Waals surface area (Å²) in [5.74, 6) is -1.11. The van der Waals surface area contributed by atoms with E-state index in [1.165, 1.54) is 11.3 Å². The number of esters is 1. The lowest BCUT2D eigenvalue weighted by atomic mass is 9.96. The van der Waals surface area contributed by atoms with Crippen LogP contribution >= 0.6 is 11.3 Å². The van der Waals surface area contributed by atoms with E-state index in [0.29, 0.717) is 10.6 Å². The number of hydrogen-bond donors (Lipinski definition) is 2. The molecule has 0 radical (unpaired) electrons. The van der Waals surface area contributed by atoms with E-state index in [2.05, 4.69) is 10.6 Å². The third-order valence-electron chi connectivity index (χ3n) is 3.96. The number of aryl methyl sites for hydroxylation is 1. The molecule has 0 aliphatic carbocycles. The molecule has 6 nitrogen and oxygen atoms in total. The monoisotopic (exact) mass is 382 g/mol. The average Bonchev–Trinajstić information content (AvgIpc) is 2.78. The van der Waals surface area contributed by atoms with Crippen molar-refractivity contribution >= 4 is 34.1 Å². The van der Waals surface area contributed by atoms with Crippen LogP contribution in [-0.2, 0) is 14.3 Å². The van der Waals surface area contributed by atoms with E-state index in [1.54, 1.807) is 27.7 Å². The Hall–Kier alpha value is -1.89. The summed E-state index contributed by atoms with van der Waals surface area (Å²) in [6.45, 7) is 12.7. The highest BCUT2D eigenvalue weighted by Gasteiger charge is 2.27. The van der Waals surface area contributed by atoms with Crippen molar-refractivity contribution in [1.29, 1.82) is 0 Å². The van der Waals surface area contributed by atoms with Gasteiger partial charge in [-0.2, -0.15) is 0 Å². The number of nitrogens with one attached hydrogen (secondary N) is 2. The summed E-state index contributed by atoms with van der Waals surface area (Å²) in [6, 6.07) is 0.0398. The zero-order chi connectivity index (χ0) is 20.1. The van der Waals surface area contributed by atoms with Gasteiger partial charge in [-0.3, -0.25) is 9.59 Å². The van der Waals surface area contributed by atoms with Gasteiger partial charge in [0.2, 0.25) is 5.91 Å². The summed E-state index contributed by atoms with van der Waals surface area (Å²) < 4.78 is 5.18. The average molecular weight is 383 g/mol. The fraction of sp³-hybridized carbons (Fsp3) is 0.632. The van der Waals surface area contributed by atoms with Gasteiger partial charge in [-0.25, -0.2) is 4.79 Å². The smallest absolute Gasteiger partial charge is 0.341 e. The van der Waals surface area contributed by atoms with Gasteiger partial charge in [-0.05, 0) is 32.8 Å². The van der Waals surface area contributed by atoms with Crippen LogP contribution < -0.4 is 10.6 Å². The standard InChI is InChI=1S/C19H30N2O4S/c1-8-9-11(2)20-14(22)10-25-17(23)15-12(3)13(4)26-16(15)21-18(24)19(5,6)7/h11H,8-10H2,1-7H3,(H,20,22)(H,21,24). The molecular formula is C19H30N2O4S. The Labute approximate surface area is 159 Å². The van der Waals surface area contributed by atoms with Crippen LogP contribution in [0, 0.1) is 19.3 Å². The molecule has 1 rings (SSSR count). The van der Waals surface area contributed by atoms with Crippen molar-refractivity contribution in [2.24, 2.45) is 5.41 Å². The van der Waals surface area contributed by atoms with E-state index >= 15 is 0 Å². The van der Waals surface area contributed by atoms with Gasteiger partial charge >= 0.3 is 5.97 Å². The Morgan fingerprint density at radius 3 is 2.35 bits per heavy atom. The molecular weight excluding hydrogens is 352 g/mol. The summed E-state index contributed by atoms with van der Waals surface area (Å²) in [6.07, 6.45) is 1.83. The maximum absolute atomic E-state index is 12.5. The molecule has 0 aliphatic heterocycles. The van der Waals surface area contributed by atoms with Crippen molar-refractivity contribution in [3.8, 4) is 0 Å². The molecule has 0 saturated heterocycles. The lowest BCUT2D eigenvalue weighted by Crippen LogP contribution is -2.35. The third-order valence-corrected chi connectivity index (χ3v) is 5.08. The van der Waals surface area contributed by atoms with Crippen LogP contribution in [0.5, 0.6) is 0 Å². The number of hydrogen-bond acceptors (Lipinski definition) is 5. The first-order chi connectivity index (χ1) is 12.0. The van der Waals surface area contributed by atoms with E-state index in [0.717, 1.165) is 23.3 Å². The summed E-state index contributed by atoms with van der Waals surface area (Å²) in [7, 11) is 0. The minimum atomic E-state index is -0.602. The first kappa shape index (κ1) is 22.2. The van der Waals surface area contributed by atoms with Gasteiger partial charge in [-0.1, -0.05) is 34.1 Å². The van der Waals surface area contributed by atoms with Crippen LogP contribution in [0.2, 0.25) is 0 Å². The topological polar surface area (TPSA) is 84.5 Å². The van der Waals surface area contributed by atoms with Gasteiger partial charge < -0.3 is 15.4 Å². The molecule has 7 heteroatoms. The predicted molar refractivity (Wildman–Crippen MR) is 105 cm³/mol. The van der Waals surface area contributed by atoms with Crippen LogP contribution in [-0.4, -0.2) is 30.4 Å². The Kier molecular flexibility index (Phi) is 7.81. The van der Waals surface area contributed by atoms with Crippen LogP contribution in [0.3, 0.4) is 0 Å². The molecule has 1 atom stereocenters. The maximum atomic E-state index is 12.5. The van der Waals surface area contributed by atoms with Crippen molar-refractivity contribution in [2.45, 2.75) is 67.3 Å². The Bertz CT molecular complexity index is 674. The zero-order valence-electron chi connectivity index (χ0n) is 16.7. The third kappa shape index (κ3) is 6.12. The molecule has 26 heavy (non-hydrogen) atoms. The molecule has 2 amide bonds. The van der Waals surface area contributed by atoms with Gasteiger partial charge in [-0.15, -0.1) is 11.3 Å². The van der Waals surface area contributed by atoms with E-state index < -0.39 is 11.4 Å². The minimum absolute atomic E-state index is 0.0398. The molecule has 0 fully saturated rings. The molecule has 1 aromatic heterocycles. The zero-order valence-corrected chi connectivity index (χ0v) is 17.6. The van der Waals surface area contributed by atoms with Crippen LogP contribution in [0.25, 0.3) is 0 Å². The molecule has 1 heterocycles. The van der Waals surface area contributed by atoms with Crippen molar-refractivity contribution in [1.82, 2.24) is 5.32 Å². The number of ether oxygens (including phenoxy) is 1. The van der Waals surface area contributed by atoms with E-state index in [9.17, 15) is 14.4 Å². The highest BCUT2D eigenvalue weighted by atomic mass is 32.1. The second-order valence-electron chi connectivity index (χ2n) is 7.52. The predicted octanol–water partition coefficient (Wildman–Crippen LogP) is 3.81. The van der Waals surface area contributed by atoms with Crippen LogP contribution in [0.15, 0.2) is 0 Å². The minimum Gasteiger partial charge on any atom is -0.452 e. The first-order valence-electron chi connectivity index (χ1n) is 8.85. The molecule has 0 aromatic carbocycles. The Morgan fingerprint density at radius 1 is 1.19 bits per heavy atom. The first-order valence-corrected chi connectivity index (χ1v) is 9.66. The SMILES string of the molecule is CCCC(C)NC(=O)COC(=O)c1c(NC(=O)C(C)(C)C)sc(C)c1C. The lowest BCUT2D eigenvalue weighted by molar-refractivity contribution is -0.125. The van der Waals surface area contributed by atoms with Gasteiger partial charge in [0, 0.05) is 16.3 Å². The van der Waals surface area contributed by atoms with E-state index in [-0.39, 0.29) is 24.5 Å². The Balaban J connectivity index is 2.83. The lowest BCUT2D eigenvalue weighted by Gasteiger charge is -2.17. The number of thiophene rings is 1. The van der Waals surface area contributed by atoms with Crippen molar-refractivity contribution in [3.05, 3.63) is 16.0 Å². The molecule has 0 spiro atoms. The summed E-state index contributed by atoms with van der Waals surface area (Å²) >= 11 is 1.33. The highest BCUT2D eigenvalue weighted by Crippen LogP contribution is 2.34. The molecule has 1 unspecified atom stereocenters. The Morgan fingerprint density at radius 2 is 1.81 bits per heavy atom. The van der Waals surface area contributed by atoms with Crippen molar-refractivity contribution in [3.63, 3.8) is 0 Å². The number of rotatable bonds is 7. The molecule has 0 aliphatic rings. The summed E-state index contributed by atoms with van der Waals surface area (Å²) in [5.41, 5.74) is 0.492. The fourth-order valence-corrected chi connectivity index (χ4v) is 3.32. The molecule has 146 valence electrons. The highest BCUT2D eigenvalue weighted by molar-refractivity contribution is 7.16. The van der Waals surface area contributed by atoms with Crippen LogP contribution in [0.4, 0.5) is 5.00 Å². The number of carbonyl (C=O) groups excluding carboxylic acids is 3. The summed E-state index contributed by atoms with van der Waals surface area (Å²) in [5, 5.41) is 6.06. The van der Waals surface area contributed by atoms with E-state index in [4.69, 9.17) is 4.74 Å². The molecule has 1 aromatic rings. The number of anilines is 1. The molecule has 0 bridgehead atoms.